The zero-order chi connectivity index (χ0) is 24.3. The lowest BCUT2D eigenvalue weighted by Gasteiger charge is -2.14. The molecule has 178 valence electrons. The summed E-state index contributed by atoms with van der Waals surface area (Å²) in [5, 5.41) is 3.16. The van der Waals surface area contributed by atoms with Crippen LogP contribution in [0.5, 0.6) is 5.75 Å². The van der Waals surface area contributed by atoms with Crippen LogP contribution < -0.4 is 21.1 Å². The molecule has 33 heavy (non-hydrogen) atoms. The van der Waals surface area contributed by atoms with Gasteiger partial charge in [0.15, 0.2) is 26.1 Å². The zero-order valence-corrected chi connectivity index (χ0v) is 20.3. The fourth-order valence-electron chi connectivity index (χ4n) is 3.45. The Balaban J connectivity index is 1.76. The second-order valence-electron chi connectivity index (χ2n) is 7.59. The Morgan fingerprint density at radius 3 is 2.45 bits per heavy atom. The Labute approximate surface area is 199 Å². The number of carbonyl (C=O) groups is 3. The van der Waals surface area contributed by atoms with Crippen LogP contribution in [0.25, 0.3) is 0 Å². The number of nitrogens with zero attached hydrogens (tertiary/aromatic N) is 1. The molecule has 1 aliphatic rings. The number of aromatic nitrogens is 1. The van der Waals surface area contributed by atoms with Crippen LogP contribution in [0, 0.1) is 5.92 Å². The number of hydrogen-bond donors (Lipinski definition) is 3. The number of Topliss-reactive ketones (excluding diaryl/α,β-unsaturated/α-hetero) is 1. The number of benzene rings is 1. The van der Waals surface area contributed by atoms with E-state index in [0.29, 0.717) is 5.75 Å². The van der Waals surface area contributed by atoms with Gasteiger partial charge in [-0.05, 0) is 31.0 Å². The fraction of sp³-hybridized carbons (Fsp3) is 0.400. The molecule has 1 aliphatic carbocycles. The van der Waals surface area contributed by atoms with E-state index in [1.165, 1.54) is 19.2 Å². The van der Waals surface area contributed by atoms with Crippen LogP contribution in [0.1, 0.15) is 47.1 Å². The van der Waals surface area contributed by atoms with Crippen molar-refractivity contribution >= 4 is 61.2 Å². The summed E-state index contributed by atoms with van der Waals surface area (Å²) in [5.41, 5.74) is 5.96. The van der Waals surface area contributed by atoms with Crippen molar-refractivity contribution in [1.82, 2.24) is 4.98 Å². The predicted molar refractivity (Wildman–Crippen MR) is 125 cm³/mol. The van der Waals surface area contributed by atoms with Gasteiger partial charge in [0.1, 0.15) is 15.8 Å². The maximum atomic E-state index is 13.0. The van der Waals surface area contributed by atoms with E-state index in [0.717, 1.165) is 43.3 Å². The van der Waals surface area contributed by atoms with Crippen LogP contribution in [-0.2, 0) is 19.4 Å². The Hall–Kier alpha value is -2.54. The highest BCUT2D eigenvalue weighted by molar-refractivity contribution is 7.90. The molecule has 1 atom stereocenters. The Morgan fingerprint density at radius 1 is 1.21 bits per heavy atom. The molecule has 0 spiro atoms. The third kappa shape index (κ3) is 5.88. The van der Waals surface area contributed by atoms with Crippen LogP contribution in [0.3, 0.4) is 0 Å². The second-order valence-corrected chi connectivity index (χ2v) is 11.4. The number of methoxy groups -OCH3 is 1. The maximum absolute atomic E-state index is 13.0. The average molecular weight is 515 g/mol. The molecule has 0 saturated heterocycles. The van der Waals surface area contributed by atoms with Gasteiger partial charge in [-0.3, -0.25) is 19.7 Å². The molecule has 3 rings (SSSR count). The fourth-order valence-corrected chi connectivity index (χ4v) is 5.28. The molecule has 4 N–H and O–H groups in total. The van der Waals surface area contributed by atoms with Gasteiger partial charge in [-0.2, -0.15) is 0 Å². The Bertz CT molecular complexity index is 1190. The number of amides is 2. The molecule has 1 fully saturated rings. The molecular formula is C20H23ClN4O6S2. The molecule has 10 nitrogen and oxygen atoms in total. The molecule has 1 aromatic heterocycles. The molecule has 1 aromatic carbocycles. The van der Waals surface area contributed by atoms with Crippen molar-refractivity contribution < 1.29 is 27.5 Å². The number of hydrogen-bond acceptors (Lipinski definition) is 9. The standard InChI is InChI=1S/C20H23ClN4O6S2/c1-31-11-7-8-13(12(9-11)15(26)10-5-3-4-6-10)23-18(27)19(28)25-20-24-14(16(21)32-20)17(22)33(2,29)30/h7-10,17H,3-6,22H2,1-2H3,(H,23,27)(H,24,25,28). The van der Waals surface area contributed by atoms with Gasteiger partial charge < -0.3 is 15.8 Å². The number of ketones is 1. The van der Waals surface area contributed by atoms with Crippen LogP contribution in [-0.4, -0.2) is 44.4 Å². The van der Waals surface area contributed by atoms with Gasteiger partial charge >= 0.3 is 11.8 Å². The first-order valence-electron chi connectivity index (χ1n) is 9.96. The molecule has 2 amide bonds. The minimum atomic E-state index is -3.67. The van der Waals surface area contributed by atoms with Gasteiger partial charge in [-0.1, -0.05) is 35.8 Å². The van der Waals surface area contributed by atoms with Crippen molar-refractivity contribution in [2.24, 2.45) is 11.7 Å². The second kappa shape index (κ2) is 10.2. The van der Waals surface area contributed by atoms with E-state index < -0.39 is 27.0 Å². The predicted octanol–water partition coefficient (Wildman–Crippen LogP) is 2.76. The van der Waals surface area contributed by atoms with E-state index in [2.05, 4.69) is 15.6 Å². The summed E-state index contributed by atoms with van der Waals surface area (Å²) < 4.78 is 28.5. The summed E-state index contributed by atoms with van der Waals surface area (Å²) in [7, 11) is -2.21. The van der Waals surface area contributed by atoms with Gasteiger partial charge in [0.2, 0.25) is 0 Å². The lowest BCUT2D eigenvalue weighted by molar-refractivity contribution is -0.133. The third-order valence-corrected chi connectivity index (χ3v) is 7.58. The van der Waals surface area contributed by atoms with Crippen molar-refractivity contribution in [1.29, 1.82) is 0 Å². The van der Waals surface area contributed by atoms with Crippen LogP contribution in [0.2, 0.25) is 4.34 Å². The number of thiazole rings is 1. The van der Waals surface area contributed by atoms with E-state index in [-0.39, 0.29) is 38.1 Å². The molecular weight excluding hydrogens is 492 g/mol. The van der Waals surface area contributed by atoms with Crippen molar-refractivity contribution in [3.63, 3.8) is 0 Å². The topological polar surface area (TPSA) is 158 Å². The normalized spacial score (nSPS) is 15.2. The van der Waals surface area contributed by atoms with Gasteiger partial charge in [0, 0.05) is 17.7 Å². The van der Waals surface area contributed by atoms with Crippen LogP contribution in [0.4, 0.5) is 10.8 Å². The van der Waals surface area contributed by atoms with E-state index in [1.807, 2.05) is 0 Å². The molecule has 0 aliphatic heterocycles. The lowest BCUT2D eigenvalue weighted by atomic mass is 9.95. The quantitative estimate of drug-likeness (QED) is 0.376. The Morgan fingerprint density at radius 2 is 1.85 bits per heavy atom. The summed E-state index contributed by atoms with van der Waals surface area (Å²) >= 11 is 6.76. The maximum Gasteiger partial charge on any atom is 0.315 e. The summed E-state index contributed by atoms with van der Waals surface area (Å²) in [6.07, 6.45) is 4.40. The van der Waals surface area contributed by atoms with Crippen molar-refractivity contribution in [3.8, 4) is 5.75 Å². The number of rotatable bonds is 7. The molecule has 2 aromatic rings. The van der Waals surface area contributed by atoms with Gasteiger partial charge in [0.05, 0.1) is 12.8 Å². The van der Waals surface area contributed by atoms with E-state index in [9.17, 15) is 22.8 Å². The molecule has 0 radical (unpaired) electrons. The minimum Gasteiger partial charge on any atom is -0.497 e. The van der Waals surface area contributed by atoms with Gasteiger partial charge in [0.25, 0.3) is 0 Å². The van der Waals surface area contributed by atoms with Crippen LogP contribution >= 0.6 is 22.9 Å². The number of nitrogens with two attached hydrogens (primary N) is 1. The lowest BCUT2D eigenvalue weighted by Crippen LogP contribution is -2.30. The van der Waals surface area contributed by atoms with Gasteiger partial charge in [-0.15, -0.1) is 0 Å². The minimum absolute atomic E-state index is 0.0248. The number of nitrogens with one attached hydrogen (secondary N) is 2. The monoisotopic (exact) mass is 514 g/mol. The number of sulfone groups is 1. The first-order valence-corrected chi connectivity index (χ1v) is 13.1. The summed E-state index contributed by atoms with van der Waals surface area (Å²) in [5.74, 6) is -1.92. The van der Waals surface area contributed by atoms with Gasteiger partial charge in [-0.25, -0.2) is 13.4 Å². The highest BCUT2D eigenvalue weighted by Crippen LogP contribution is 2.34. The highest BCUT2D eigenvalue weighted by atomic mass is 35.5. The highest BCUT2D eigenvalue weighted by Gasteiger charge is 2.28. The molecule has 13 heteroatoms. The summed E-state index contributed by atoms with van der Waals surface area (Å²) in [4.78, 5) is 41.8. The zero-order valence-electron chi connectivity index (χ0n) is 17.9. The van der Waals surface area contributed by atoms with E-state index in [4.69, 9.17) is 22.1 Å². The van der Waals surface area contributed by atoms with Crippen molar-refractivity contribution in [2.45, 2.75) is 31.1 Å². The smallest absolute Gasteiger partial charge is 0.315 e. The number of halogens is 1. The van der Waals surface area contributed by atoms with E-state index in [1.54, 1.807) is 6.07 Å². The number of ether oxygens (including phenoxy) is 1. The number of carbonyl (C=O) groups excluding carboxylic acids is 3. The average Bonchev–Trinajstić information content (AvgIpc) is 3.42. The summed E-state index contributed by atoms with van der Waals surface area (Å²) in [6.45, 7) is 0. The number of anilines is 2. The van der Waals surface area contributed by atoms with Crippen molar-refractivity contribution in [2.75, 3.05) is 24.0 Å². The van der Waals surface area contributed by atoms with Crippen LogP contribution in [0.15, 0.2) is 18.2 Å². The third-order valence-electron chi connectivity index (χ3n) is 5.23. The first kappa shape index (κ1) is 25.1. The van der Waals surface area contributed by atoms with Crippen molar-refractivity contribution in [3.05, 3.63) is 33.8 Å². The Kier molecular flexibility index (Phi) is 7.73. The molecule has 1 unspecified atom stereocenters. The largest absolute Gasteiger partial charge is 0.497 e. The SMILES string of the molecule is COc1ccc(NC(=O)C(=O)Nc2nc(C(N)S(C)(=O)=O)c(Cl)s2)c(C(=O)C2CCCC2)c1. The van der Waals surface area contributed by atoms with E-state index >= 15 is 0 Å². The first-order chi connectivity index (χ1) is 15.5. The summed E-state index contributed by atoms with van der Waals surface area (Å²) in [6, 6.07) is 4.60. The molecule has 1 saturated carbocycles. The molecule has 0 bridgehead atoms. The molecule has 1 heterocycles.